The molecule has 0 fully saturated rings. The molecular formula is C8H13N3O4S. The lowest BCUT2D eigenvalue weighted by Gasteiger charge is -2.03. The minimum Gasteiger partial charge on any atom is -0.460 e. The topological polar surface area (TPSA) is 102 Å². The number of hydrogen-bond acceptors (Lipinski definition) is 6. The van der Waals surface area contributed by atoms with Gasteiger partial charge in [-0.15, -0.1) is 5.10 Å². The summed E-state index contributed by atoms with van der Waals surface area (Å²) >= 11 is 0. The first-order chi connectivity index (χ1) is 7.36. The van der Waals surface area contributed by atoms with Crippen LogP contribution >= 0.6 is 0 Å². The molecule has 90 valence electrons. The Hall–Kier alpha value is -1.44. The molecule has 1 aromatic heterocycles. The Labute approximate surface area is 93.1 Å². The van der Waals surface area contributed by atoms with E-state index in [2.05, 4.69) is 19.9 Å². The molecular weight excluding hydrogens is 234 g/mol. The van der Waals surface area contributed by atoms with E-state index in [0.29, 0.717) is 0 Å². The zero-order valence-electron chi connectivity index (χ0n) is 9.22. The molecule has 0 aliphatic rings. The molecule has 0 aliphatic carbocycles. The number of esters is 1. The van der Waals surface area contributed by atoms with Gasteiger partial charge in [-0.05, 0) is 13.8 Å². The van der Waals surface area contributed by atoms with Crippen molar-refractivity contribution in [3.63, 3.8) is 0 Å². The Balaban J connectivity index is 2.91. The van der Waals surface area contributed by atoms with Crippen LogP contribution in [0.2, 0.25) is 0 Å². The molecule has 0 radical (unpaired) electrons. The van der Waals surface area contributed by atoms with E-state index in [-0.39, 0.29) is 18.3 Å². The average molecular weight is 247 g/mol. The van der Waals surface area contributed by atoms with Gasteiger partial charge in [0.1, 0.15) is 11.1 Å². The van der Waals surface area contributed by atoms with Crippen LogP contribution in [0.15, 0.2) is 0 Å². The van der Waals surface area contributed by atoms with Gasteiger partial charge >= 0.3 is 5.97 Å². The lowest BCUT2D eigenvalue weighted by molar-refractivity contribution is 0.0512. The van der Waals surface area contributed by atoms with Gasteiger partial charge in [0.2, 0.25) is 0 Å². The second kappa shape index (κ2) is 4.60. The van der Waals surface area contributed by atoms with Crippen molar-refractivity contribution >= 4 is 15.8 Å². The summed E-state index contributed by atoms with van der Waals surface area (Å²) < 4.78 is 27.1. The maximum Gasteiger partial charge on any atom is 0.378 e. The maximum atomic E-state index is 11.2. The standard InChI is InChI=1S/C8H13N3O4S/c1-4-15-8(12)7-9-6(10-11-7)5(2)16(3,13)14/h5H,4H2,1-3H3,(H,9,10,11). The highest BCUT2D eigenvalue weighted by Gasteiger charge is 2.23. The summed E-state index contributed by atoms with van der Waals surface area (Å²) in [5, 5.41) is 5.17. The van der Waals surface area contributed by atoms with Crippen LogP contribution in [0.25, 0.3) is 0 Å². The number of nitrogens with one attached hydrogen (secondary N) is 1. The molecule has 1 atom stereocenters. The van der Waals surface area contributed by atoms with E-state index in [0.717, 1.165) is 6.26 Å². The highest BCUT2D eigenvalue weighted by Crippen LogP contribution is 2.16. The van der Waals surface area contributed by atoms with Crippen LogP contribution in [-0.2, 0) is 14.6 Å². The van der Waals surface area contributed by atoms with Crippen molar-refractivity contribution in [3.05, 3.63) is 11.6 Å². The predicted octanol–water partition coefficient (Wildman–Crippen LogP) is 0.0870. The minimum absolute atomic E-state index is 0.130. The fourth-order valence-electron chi connectivity index (χ4n) is 0.946. The first-order valence-corrected chi connectivity index (χ1v) is 6.60. The van der Waals surface area contributed by atoms with E-state index in [1.54, 1.807) is 6.92 Å². The highest BCUT2D eigenvalue weighted by molar-refractivity contribution is 7.90. The molecule has 8 heteroatoms. The van der Waals surface area contributed by atoms with Gasteiger partial charge in [-0.2, -0.15) is 0 Å². The first kappa shape index (κ1) is 12.6. The normalized spacial score (nSPS) is 13.4. The zero-order valence-corrected chi connectivity index (χ0v) is 10.0. The number of aromatic nitrogens is 3. The molecule has 0 saturated carbocycles. The van der Waals surface area contributed by atoms with Crippen molar-refractivity contribution < 1.29 is 17.9 Å². The highest BCUT2D eigenvalue weighted by atomic mass is 32.2. The van der Waals surface area contributed by atoms with Crippen molar-refractivity contribution in [2.24, 2.45) is 0 Å². The Bertz CT molecular complexity index is 479. The summed E-state index contributed by atoms with van der Waals surface area (Å²) in [5.74, 6) is -0.705. The molecule has 0 amide bonds. The largest absolute Gasteiger partial charge is 0.460 e. The number of H-pyrrole nitrogens is 1. The minimum atomic E-state index is -3.27. The summed E-state index contributed by atoms with van der Waals surface area (Å²) in [4.78, 5) is 15.0. The molecule has 7 nitrogen and oxygen atoms in total. The van der Waals surface area contributed by atoms with Gasteiger partial charge in [-0.1, -0.05) is 0 Å². The van der Waals surface area contributed by atoms with Crippen LogP contribution in [0.3, 0.4) is 0 Å². The predicted molar refractivity (Wildman–Crippen MR) is 55.6 cm³/mol. The van der Waals surface area contributed by atoms with Gasteiger partial charge in [0, 0.05) is 6.26 Å². The third-order valence-electron chi connectivity index (χ3n) is 1.99. The van der Waals surface area contributed by atoms with Gasteiger partial charge in [-0.25, -0.2) is 18.2 Å². The van der Waals surface area contributed by atoms with Crippen LogP contribution < -0.4 is 0 Å². The van der Waals surface area contributed by atoms with Crippen LogP contribution in [0, 0.1) is 0 Å². The number of sulfone groups is 1. The van der Waals surface area contributed by atoms with Crippen LogP contribution in [0.1, 0.15) is 35.5 Å². The Morgan fingerprint density at radius 3 is 2.69 bits per heavy atom. The molecule has 0 bridgehead atoms. The number of ether oxygens (including phenoxy) is 1. The molecule has 0 aromatic carbocycles. The van der Waals surface area contributed by atoms with E-state index in [9.17, 15) is 13.2 Å². The molecule has 0 spiro atoms. The Morgan fingerprint density at radius 1 is 1.56 bits per heavy atom. The van der Waals surface area contributed by atoms with Crippen molar-refractivity contribution in [1.29, 1.82) is 0 Å². The summed E-state index contributed by atoms with van der Waals surface area (Å²) in [6.45, 7) is 3.33. The van der Waals surface area contributed by atoms with Gasteiger partial charge in [0.05, 0.1) is 6.61 Å². The summed E-state index contributed by atoms with van der Waals surface area (Å²) in [5.41, 5.74) is 0. The Morgan fingerprint density at radius 2 is 2.19 bits per heavy atom. The molecule has 0 aliphatic heterocycles. The van der Waals surface area contributed by atoms with E-state index in [1.807, 2.05) is 0 Å². The third kappa shape index (κ3) is 2.78. The van der Waals surface area contributed by atoms with E-state index >= 15 is 0 Å². The zero-order chi connectivity index (χ0) is 12.3. The summed E-state index contributed by atoms with van der Waals surface area (Å²) in [6.07, 6.45) is 1.09. The second-order valence-electron chi connectivity index (χ2n) is 3.24. The smallest absolute Gasteiger partial charge is 0.378 e. The third-order valence-corrected chi connectivity index (χ3v) is 3.50. The molecule has 1 heterocycles. The summed E-state index contributed by atoms with van der Waals surface area (Å²) in [7, 11) is -3.27. The van der Waals surface area contributed by atoms with Crippen molar-refractivity contribution in [3.8, 4) is 0 Å². The molecule has 1 rings (SSSR count). The first-order valence-electron chi connectivity index (χ1n) is 4.64. The lowest BCUT2D eigenvalue weighted by atomic mass is 10.4. The van der Waals surface area contributed by atoms with Gasteiger partial charge in [0.15, 0.2) is 9.84 Å². The number of hydrogen-bond donors (Lipinski definition) is 1. The van der Waals surface area contributed by atoms with Crippen molar-refractivity contribution in [2.75, 3.05) is 12.9 Å². The van der Waals surface area contributed by atoms with E-state index in [1.165, 1.54) is 6.92 Å². The van der Waals surface area contributed by atoms with Gasteiger partial charge in [-0.3, -0.25) is 5.10 Å². The molecule has 0 saturated heterocycles. The van der Waals surface area contributed by atoms with Crippen LogP contribution in [0.5, 0.6) is 0 Å². The second-order valence-corrected chi connectivity index (χ2v) is 5.60. The van der Waals surface area contributed by atoms with Crippen LogP contribution in [-0.4, -0.2) is 42.4 Å². The fourth-order valence-corrected chi connectivity index (χ4v) is 1.46. The molecule has 1 N–H and O–H groups in total. The van der Waals surface area contributed by atoms with Gasteiger partial charge in [0.25, 0.3) is 5.82 Å². The molecule has 16 heavy (non-hydrogen) atoms. The Kier molecular flexibility index (Phi) is 3.63. The van der Waals surface area contributed by atoms with E-state index < -0.39 is 21.1 Å². The fraction of sp³-hybridized carbons (Fsp3) is 0.625. The number of carbonyl (C=O) groups excluding carboxylic acids is 1. The van der Waals surface area contributed by atoms with Crippen LogP contribution in [0.4, 0.5) is 0 Å². The number of carbonyl (C=O) groups is 1. The lowest BCUT2D eigenvalue weighted by Crippen LogP contribution is -2.10. The quantitative estimate of drug-likeness (QED) is 0.756. The maximum absolute atomic E-state index is 11.2. The molecule has 1 unspecified atom stereocenters. The summed E-state index contributed by atoms with van der Waals surface area (Å²) in [6, 6.07) is 0. The SMILES string of the molecule is CCOC(=O)c1n[nH]c(C(C)S(C)(=O)=O)n1. The monoisotopic (exact) mass is 247 g/mol. The number of nitrogens with zero attached hydrogens (tertiary/aromatic N) is 2. The molecule has 1 aromatic rings. The van der Waals surface area contributed by atoms with E-state index in [4.69, 9.17) is 0 Å². The van der Waals surface area contributed by atoms with Crippen molar-refractivity contribution in [2.45, 2.75) is 19.1 Å². The average Bonchev–Trinajstić information content (AvgIpc) is 2.64. The number of aromatic amines is 1. The van der Waals surface area contributed by atoms with Crippen molar-refractivity contribution in [1.82, 2.24) is 15.2 Å². The van der Waals surface area contributed by atoms with Gasteiger partial charge < -0.3 is 4.74 Å². The number of rotatable bonds is 4.